The second kappa shape index (κ2) is 9.17. The molecule has 1 aliphatic carbocycles. The SMILES string of the molecule is O=C(C=Cc1ccc(C(=O)NC2CC2)cc1)Nc1ccn(CCc2ccccn2)n1. The van der Waals surface area contributed by atoms with Gasteiger partial charge in [-0.3, -0.25) is 19.3 Å². The maximum atomic E-state index is 12.2. The number of amides is 2. The third-order valence-corrected chi connectivity index (χ3v) is 4.73. The first-order valence-electron chi connectivity index (χ1n) is 9.99. The molecule has 0 bridgehead atoms. The maximum Gasteiger partial charge on any atom is 0.251 e. The van der Waals surface area contributed by atoms with Gasteiger partial charge in [-0.1, -0.05) is 18.2 Å². The molecule has 0 aliphatic heterocycles. The zero-order valence-corrected chi connectivity index (χ0v) is 16.5. The van der Waals surface area contributed by atoms with Gasteiger partial charge in [0.2, 0.25) is 5.91 Å². The molecule has 152 valence electrons. The van der Waals surface area contributed by atoms with E-state index in [4.69, 9.17) is 0 Å². The molecule has 2 amide bonds. The average molecular weight is 401 g/mol. The number of hydrogen-bond donors (Lipinski definition) is 2. The first-order valence-corrected chi connectivity index (χ1v) is 9.99. The predicted molar refractivity (Wildman–Crippen MR) is 115 cm³/mol. The number of pyridine rings is 1. The number of nitrogens with zero attached hydrogens (tertiary/aromatic N) is 3. The van der Waals surface area contributed by atoms with E-state index in [1.54, 1.807) is 35.2 Å². The lowest BCUT2D eigenvalue weighted by molar-refractivity contribution is -0.111. The van der Waals surface area contributed by atoms with Crippen molar-refractivity contribution in [3.05, 3.63) is 83.8 Å². The minimum absolute atomic E-state index is 0.0515. The molecule has 1 aliphatic rings. The highest BCUT2D eigenvalue weighted by Crippen LogP contribution is 2.19. The summed E-state index contributed by atoms with van der Waals surface area (Å²) < 4.78 is 1.78. The van der Waals surface area contributed by atoms with Gasteiger partial charge in [-0.2, -0.15) is 5.10 Å². The standard InChI is InChI=1S/C23H23N5O2/c29-22(11-6-17-4-7-18(8-5-17)23(30)25-20-9-10-20)26-21-13-16-28(27-21)15-12-19-3-1-2-14-24-19/h1-8,11,13-14,16,20H,9-10,12,15H2,(H,25,30)(H,26,27,29). The molecule has 2 N–H and O–H groups in total. The first-order chi connectivity index (χ1) is 14.7. The van der Waals surface area contributed by atoms with Gasteiger partial charge in [0.05, 0.1) is 0 Å². The Hall–Kier alpha value is -3.74. The number of aromatic nitrogens is 3. The van der Waals surface area contributed by atoms with Crippen LogP contribution in [0, 0.1) is 0 Å². The summed E-state index contributed by atoms with van der Waals surface area (Å²) in [6.07, 6.45) is 9.64. The number of nitrogens with one attached hydrogen (secondary N) is 2. The average Bonchev–Trinajstić information content (AvgIpc) is 3.48. The van der Waals surface area contributed by atoms with Gasteiger partial charge in [-0.15, -0.1) is 0 Å². The molecule has 0 atom stereocenters. The van der Waals surface area contributed by atoms with Crippen molar-refractivity contribution in [2.45, 2.75) is 31.8 Å². The number of carbonyl (C=O) groups is 2. The van der Waals surface area contributed by atoms with Crippen LogP contribution in [0.5, 0.6) is 0 Å². The van der Waals surface area contributed by atoms with Crippen LogP contribution < -0.4 is 10.6 Å². The molecule has 3 aromatic rings. The summed E-state index contributed by atoms with van der Waals surface area (Å²) in [5, 5.41) is 10.1. The number of rotatable bonds is 8. The van der Waals surface area contributed by atoms with Crippen LogP contribution in [-0.2, 0) is 17.8 Å². The molecular formula is C23H23N5O2. The van der Waals surface area contributed by atoms with Gasteiger partial charge in [0.25, 0.3) is 5.91 Å². The van der Waals surface area contributed by atoms with Gasteiger partial charge in [-0.25, -0.2) is 0 Å². The molecule has 4 rings (SSSR count). The third kappa shape index (κ3) is 5.64. The van der Waals surface area contributed by atoms with Crippen molar-refractivity contribution in [3.8, 4) is 0 Å². The molecule has 1 fully saturated rings. The number of carbonyl (C=O) groups excluding carboxylic acids is 2. The van der Waals surface area contributed by atoms with Gasteiger partial charge < -0.3 is 10.6 Å². The Morgan fingerprint density at radius 3 is 2.67 bits per heavy atom. The highest BCUT2D eigenvalue weighted by Gasteiger charge is 2.23. The van der Waals surface area contributed by atoms with Crippen molar-refractivity contribution < 1.29 is 9.59 Å². The Morgan fingerprint density at radius 1 is 1.10 bits per heavy atom. The summed E-state index contributed by atoms with van der Waals surface area (Å²) in [6, 6.07) is 15.1. The molecule has 0 saturated heterocycles. The topological polar surface area (TPSA) is 88.9 Å². The number of aryl methyl sites for hydroxylation is 2. The number of anilines is 1. The van der Waals surface area contributed by atoms with Crippen LogP contribution in [0.2, 0.25) is 0 Å². The van der Waals surface area contributed by atoms with Crippen LogP contribution in [0.3, 0.4) is 0 Å². The minimum atomic E-state index is -0.263. The Balaban J connectivity index is 1.26. The minimum Gasteiger partial charge on any atom is -0.349 e. The quantitative estimate of drug-likeness (QED) is 0.568. The molecule has 30 heavy (non-hydrogen) atoms. The fraction of sp³-hybridized carbons (Fsp3) is 0.217. The van der Waals surface area contributed by atoms with Crippen molar-refractivity contribution in [2.24, 2.45) is 0 Å². The van der Waals surface area contributed by atoms with Crippen molar-refractivity contribution >= 4 is 23.7 Å². The lowest BCUT2D eigenvalue weighted by atomic mass is 10.1. The molecule has 0 unspecified atom stereocenters. The molecular weight excluding hydrogens is 378 g/mol. The normalized spacial score (nSPS) is 13.3. The second-order valence-corrected chi connectivity index (χ2v) is 7.23. The Bertz CT molecular complexity index is 1040. The second-order valence-electron chi connectivity index (χ2n) is 7.23. The van der Waals surface area contributed by atoms with Gasteiger partial charge in [0, 0.05) is 54.8 Å². The van der Waals surface area contributed by atoms with Crippen molar-refractivity contribution in [1.82, 2.24) is 20.1 Å². The lowest BCUT2D eigenvalue weighted by Gasteiger charge is -2.03. The van der Waals surface area contributed by atoms with E-state index < -0.39 is 0 Å². The van der Waals surface area contributed by atoms with Crippen LogP contribution in [-0.4, -0.2) is 32.6 Å². The number of benzene rings is 1. The molecule has 0 radical (unpaired) electrons. The van der Waals surface area contributed by atoms with Crippen LogP contribution in [0.4, 0.5) is 5.82 Å². The monoisotopic (exact) mass is 401 g/mol. The first kappa shape index (κ1) is 19.6. The van der Waals surface area contributed by atoms with E-state index in [9.17, 15) is 9.59 Å². The van der Waals surface area contributed by atoms with Crippen LogP contribution >= 0.6 is 0 Å². The summed E-state index contributed by atoms with van der Waals surface area (Å²) in [5.74, 6) is 0.183. The molecule has 2 heterocycles. The van der Waals surface area contributed by atoms with E-state index in [0.717, 1.165) is 30.5 Å². The van der Waals surface area contributed by atoms with Crippen molar-refractivity contribution in [3.63, 3.8) is 0 Å². The Labute approximate surface area is 174 Å². The number of hydrogen-bond acceptors (Lipinski definition) is 4. The van der Waals surface area contributed by atoms with Crippen molar-refractivity contribution in [2.75, 3.05) is 5.32 Å². The molecule has 0 spiro atoms. The predicted octanol–water partition coefficient (Wildman–Crippen LogP) is 3.06. The Morgan fingerprint density at radius 2 is 1.93 bits per heavy atom. The largest absolute Gasteiger partial charge is 0.349 e. The van der Waals surface area contributed by atoms with E-state index >= 15 is 0 Å². The fourth-order valence-corrected chi connectivity index (χ4v) is 2.91. The Kier molecular flexibility index (Phi) is 5.98. The summed E-state index contributed by atoms with van der Waals surface area (Å²) in [7, 11) is 0. The maximum absolute atomic E-state index is 12.2. The zero-order valence-electron chi connectivity index (χ0n) is 16.5. The summed E-state index contributed by atoms with van der Waals surface area (Å²) >= 11 is 0. The highest BCUT2D eigenvalue weighted by atomic mass is 16.2. The molecule has 2 aromatic heterocycles. The van der Waals surface area contributed by atoms with Crippen LogP contribution in [0.15, 0.2) is 67.0 Å². The summed E-state index contributed by atoms with van der Waals surface area (Å²) in [4.78, 5) is 28.4. The summed E-state index contributed by atoms with van der Waals surface area (Å²) in [5.41, 5.74) is 2.46. The molecule has 7 heteroatoms. The van der Waals surface area contributed by atoms with E-state index in [0.29, 0.717) is 24.0 Å². The van der Waals surface area contributed by atoms with E-state index in [-0.39, 0.29) is 11.8 Å². The zero-order chi connectivity index (χ0) is 20.8. The fourth-order valence-electron chi connectivity index (χ4n) is 2.91. The van der Waals surface area contributed by atoms with Gasteiger partial charge in [-0.05, 0) is 48.7 Å². The van der Waals surface area contributed by atoms with Gasteiger partial charge in [0.1, 0.15) is 0 Å². The van der Waals surface area contributed by atoms with E-state index in [1.807, 2.05) is 36.5 Å². The summed E-state index contributed by atoms with van der Waals surface area (Å²) in [6.45, 7) is 0.684. The molecule has 1 saturated carbocycles. The smallest absolute Gasteiger partial charge is 0.251 e. The molecule has 7 nitrogen and oxygen atoms in total. The van der Waals surface area contributed by atoms with E-state index in [2.05, 4.69) is 20.7 Å². The van der Waals surface area contributed by atoms with E-state index in [1.165, 1.54) is 6.08 Å². The third-order valence-electron chi connectivity index (χ3n) is 4.73. The van der Waals surface area contributed by atoms with Gasteiger partial charge >= 0.3 is 0 Å². The van der Waals surface area contributed by atoms with Crippen LogP contribution in [0.25, 0.3) is 6.08 Å². The molecule has 1 aromatic carbocycles. The van der Waals surface area contributed by atoms with Crippen LogP contribution in [0.1, 0.15) is 34.5 Å². The highest BCUT2D eigenvalue weighted by molar-refractivity contribution is 6.01. The van der Waals surface area contributed by atoms with Crippen molar-refractivity contribution in [1.29, 1.82) is 0 Å². The van der Waals surface area contributed by atoms with Gasteiger partial charge in [0.15, 0.2) is 5.82 Å². The lowest BCUT2D eigenvalue weighted by Crippen LogP contribution is -2.25.